The summed E-state index contributed by atoms with van der Waals surface area (Å²) >= 11 is 0. The molecule has 0 saturated heterocycles. The van der Waals surface area contributed by atoms with Gasteiger partial charge in [-0.25, -0.2) is 0 Å². The lowest BCUT2D eigenvalue weighted by Gasteiger charge is -2.28. The molecule has 0 spiro atoms. The Morgan fingerprint density at radius 3 is 2.28 bits per heavy atom. The van der Waals surface area contributed by atoms with Gasteiger partial charge >= 0.3 is 5.97 Å². The minimum absolute atomic E-state index is 0.0998. The molecule has 4 heteroatoms. The standard InChI is InChI=1S/C14H23NO3/c1-14(2)8-11(14)13(17)15(9-12(16)18-3)10-6-4-5-7-10/h10-11H,4-9H2,1-3H3. The molecule has 0 radical (unpaired) electrons. The Kier molecular flexibility index (Phi) is 3.64. The lowest BCUT2D eigenvalue weighted by atomic mass is 10.1. The van der Waals surface area contributed by atoms with Crippen molar-refractivity contribution in [2.45, 2.75) is 52.0 Å². The summed E-state index contributed by atoms with van der Waals surface area (Å²) in [6.45, 7) is 4.34. The van der Waals surface area contributed by atoms with Crippen molar-refractivity contribution in [1.29, 1.82) is 0 Å². The van der Waals surface area contributed by atoms with E-state index in [9.17, 15) is 9.59 Å². The summed E-state index contributed by atoms with van der Waals surface area (Å²) in [4.78, 5) is 25.7. The molecule has 2 rings (SSSR count). The lowest BCUT2D eigenvalue weighted by molar-refractivity contribution is -0.149. The van der Waals surface area contributed by atoms with Crippen LogP contribution < -0.4 is 0 Å². The van der Waals surface area contributed by atoms with Crippen LogP contribution in [0.2, 0.25) is 0 Å². The number of carbonyl (C=O) groups excluding carboxylic acids is 2. The fraction of sp³-hybridized carbons (Fsp3) is 0.857. The van der Waals surface area contributed by atoms with E-state index in [4.69, 9.17) is 4.74 Å². The fourth-order valence-electron chi connectivity index (χ4n) is 2.90. The van der Waals surface area contributed by atoms with Crippen LogP contribution in [0.3, 0.4) is 0 Å². The van der Waals surface area contributed by atoms with Crippen molar-refractivity contribution in [3.63, 3.8) is 0 Å². The highest BCUT2D eigenvalue weighted by atomic mass is 16.5. The molecule has 0 aliphatic heterocycles. The van der Waals surface area contributed by atoms with Crippen molar-refractivity contribution >= 4 is 11.9 Å². The quantitative estimate of drug-likeness (QED) is 0.720. The number of rotatable bonds is 4. The average Bonchev–Trinajstić information content (AvgIpc) is 2.78. The molecule has 0 aromatic carbocycles. The second-order valence-electron chi connectivity index (χ2n) is 6.23. The lowest BCUT2D eigenvalue weighted by Crippen LogP contribution is -2.44. The number of hydrogen-bond acceptors (Lipinski definition) is 3. The zero-order valence-electron chi connectivity index (χ0n) is 11.6. The summed E-state index contributed by atoms with van der Waals surface area (Å²) < 4.78 is 4.71. The molecule has 0 aromatic heterocycles. The summed E-state index contributed by atoms with van der Waals surface area (Å²) in [7, 11) is 1.38. The Labute approximate surface area is 109 Å². The fourth-order valence-corrected chi connectivity index (χ4v) is 2.90. The third-order valence-electron chi connectivity index (χ3n) is 4.39. The number of esters is 1. The number of ether oxygens (including phenoxy) is 1. The van der Waals surface area contributed by atoms with Crippen LogP contribution in [0, 0.1) is 11.3 Å². The summed E-state index contributed by atoms with van der Waals surface area (Å²) in [5.74, 6) is -0.0613. The maximum absolute atomic E-state index is 12.5. The molecule has 2 aliphatic rings. The minimum atomic E-state index is -0.311. The van der Waals surface area contributed by atoms with Crippen LogP contribution in [0.15, 0.2) is 0 Å². The molecule has 1 unspecified atom stereocenters. The number of carbonyl (C=O) groups is 2. The van der Waals surface area contributed by atoms with Gasteiger partial charge in [0.15, 0.2) is 0 Å². The first-order valence-corrected chi connectivity index (χ1v) is 6.83. The Bertz CT molecular complexity index is 345. The highest BCUT2D eigenvalue weighted by Gasteiger charge is 2.52. The molecule has 4 nitrogen and oxygen atoms in total. The first kappa shape index (κ1) is 13.4. The molecule has 1 amide bonds. The van der Waals surface area contributed by atoms with Crippen molar-refractivity contribution in [1.82, 2.24) is 4.90 Å². The predicted octanol–water partition coefficient (Wildman–Crippen LogP) is 1.98. The average molecular weight is 253 g/mol. The van der Waals surface area contributed by atoms with Crippen LogP contribution in [-0.4, -0.2) is 36.5 Å². The normalized spacial score (nSPS) is 25.8. The monoisotopic (exact) mass is 253 g/mol. The van der Waals surface area contributed by atoms with Gasteiger partial charge in [-0.2, -0.15) is 0 Å². The molecule has 0 heterocycles. The molecule has 2 aliphatic carbocycles. The number of amides is 1. The molecule has 2 saturated carbocycles. The van der Waals surface area contributed by atoms with E-state index in [1.807, 2.05) is 0 Å². The minimum Gasteiger partial charge on any atom is -0.468 e. The van der Waals surface area contributed by atoms with Gasteiger partial charge < -0.3 is 9.64 Å². The highest BCUT2D eigenvalue weighted by Crippen LogP contribution is 2.52. The van der Waals surface area contributed by atoms with E-state index in [0.29, 0.717) is 0 Å². The van der Waals surface area contributed by atoms with E-state index in [0.717, 1.165) is 32.1 Å². The van der Waals surface area contributed by atoms with Crippen LogP contribution >= 0.6 is 0 Å². The van der Waals surface area contributed by atoms with E-state index >= 15 is 0 Å². The molecule has 102 valence electrons. The Hall–Kier alpha value is -1.06. The smallest absolute Gasteiger partial charge is 0.325 e. The van der Waals surface area contributed by atoms with Gasteiger partial charge in [0.2, 0.25) is 5.91 Å². The molecule has 0 N–H and O–H groups in total. The third-order valence-corrected chi connectivity index (χ3v) is 4.39. The third kappa shape index (κ3) is 2.68. The van der Waals surface area contributed by atoms with Gasteiger partial charge in [-0.1, -0.05) is 26.7 Å². The van der Waals surface area contributed by atoms with Gasteiger partial charge in [0, 0.05) is 12.0 Å². The second-order valence-corrected chi connectivity index (χ2v) is 6.23. The van der Waals surface area contributed by atoms with Crippen molar-refractivity contribution in [3.8, 4) is 0 Å². The van der Waals surface area contributed by atoms with Crippen LogP contribution in [0.5, 0.6) is 0 Å². The Morgan fingerprint density at radius 1 is 1.28 bits per heavy atom. The summed E-state index contributed by atoms with van der Waals surface area (Å²) in [5, 5.41) is 0. The highest BCUT2D eigenvalue weighted by molar-refractivity contribution is 5.86. The van der Waals surface area contributed by atoms with Gasteiger partial charge in [-0.15, -0.1) is 0 Å². The summed E-state index contributed by atoms with van der Waals surface area (Å²) in [6, 6.07) is 0.244. The Balaban J connectivity index is 2.04. The van der Waals surface area contributed by atoms with E-state index in [-0.39, 0.29) is 35.8 Å². The molecular weight excluding hydrogens is 230 g/mol. The number of methoxy groups -OCH3 is 1. The summed E-state index contributed by atoms with van der Waals surface area (Å²) in [6.07, 6.45) is 5.30. The van der Waals surface area contributed by atoms with Crippen molar-refractivity contribution < 1.29 is 14.3 Å². The Morgan fingerprint density at radius 2 is 1.83 bits per heavy atom. The number of nitrogens with zero attached hydrogens (tertiary/aromatic N) is 1. The molecular formula is C14H23NO3. The summed E-state index contributed by atoms with van der Waals surface area (Å²) in [5.41, 5.74) is 0.115. The zero-order chi connectivity index (χ0) is 13.3. The van der Waals surface area contributed by atoms with Crippen molar-refractivity contribution in [2.75, 3.05) is 13.7 Å². The second kappa shape index (κ2) is 4.90. The van der Waals surface area contributed by atoms with E-state index in [1.54, 1.807) is 4.90 Å². The van der Waals surface area contributed by atoms with Crippen LogP contribution in [0.4, 0.5) is 0 Å². The van der Waals surface area contributed by atoms with Gasteiger partial charge in [-0.3, -0.25) is 9.59 Å². The molecule has 0 bridgehead atoms. The van der Waals surface area contributed by atoms with E-state index in [2.05, 4.69) is 13.8 Å². The molecule has 1 atom stereocenters. The van der Waals surface area contributed by atoms with Crippen molar-refractivity contribution in [2.24, 2.45) is 11.3 Å². The van der Waals surface area contributed by atoms with Gasteiger partial charge in [0.25, 0.3) is 0 Å². The molecule has 2 fully saturated rings. The zero-order valence-corrected chi connectivity index (χ0v) is 11.6. The molecule has 0 aromatic rings. The van der Waals surface area contributed by atoms with Crippen molar-refractivity contribution in [3.05, 3.63) is 0 Å². The molecule has 18 heavy (non-hydrogen) atoms. The van der Waals surface area contributed by atoms with Crippen LogP contribution in [-0.2, 0) is 14.3 Å². The largest absolute Gasteiger partial charge is 0.468 e. The van der Waals surface area contributed by atoms with E-state index < -0.39 is 0 Å². The maximum atomic E-state index is 12.5. The first-order valence-electron chi connectivity index (χ1n) is 6.83. The first-order chi connectivity index (χ1) is 8.45. The van der Waals surface area contributed by atoms with E-state index in [1.165, 1.54) is 7.11 Å². The topological polar surface area (TPSA) is 46.6 Å². The van der Waals surface area contributed by atoms with Crippen LogP contribution in [0.1, 0.15) is 46.0 Å². The maximum Gasteiger partial charge on any atom is 0.325 e. The van der Waals surface area contributed by atoms with Gasteiger partial charge in [0.05, 0.1) is 7.11 Å². The predicted molar refractivity (Wildman–Crippen MR) is 67.9 cm³/mol. The number of hydrogen-bond donors (Lipinski definition) is 0. The van der Waals surface area contributed by atoms with Gasteiger partial charge in [-0.05, 0) is 24.7 Å². The SMILES string of the molecule is COC(=O)CN(C(=O)C1CC1(C)C)C1CCCC1. The van der Waals surface area contributed by atoms with Gasteiger partial charge in [0.1, 0.15) is 6.54 Å². The van der Waals surface area contributed by atoms with Crippen LogP contribution in [0.25, 0.3) is 0 Å².